The second-order valence-corrected chi connectivity index (χ2v) is 6.95. The lowest BCUT2D eigenvalue weighted by Gasteiger charge is -2.31. The van der Waals surface area contributed by atoms with Crippen LogP contribution < -0.4 is 0 Å². The summed E-state index contributed by atoms with van der Waals surface area (Å²) in [6, 6.07) is 6.49. The first-order valence-corrected chi connectivity index (χ1v) is 8.64. The number of halogens is 1. The maximum Gasteiger partial charge on any atom is 0.226 e. The van der Waals surface area contributed by atoms with Crippen LogP contribution in [0.25, 0.3) is 5.69 Å². The van der Waals surface area contributed by atoms with E-state index >= 15 is 0 Å². The number of likely N-dealkylation sites (tertiary alicyclic amines) is 1. The fourth-order valence-corrected chi connectivity index (χ4v) is 4.50. The zero-order valence-corrected chi connectivity index (χ0v) is 13.8. The minimum Gasteiger partial charge on any atom is -0.352 e. The lowest BCUT2D eigenvalue weighted by Crippen LogP contribution is -2.47. The molecular formula is C18H19FN4O2. The van der Waals surface area contributed by atoms with Gasteiger partial charge in [-0.2, -0.15) is 5.10 Å². The number of ether oxygens (including phenoxy) is 1. The molecule has 0 unspecified atom stereocenters. The van der Waals surface area contributed by atoms with Gasteiger partial charge in [0, 0.05) is 44.2 Å². The third kappa shape index (κ3) is 2.22. The lowest BCUT2D eigenvalue weighted by atomic mass is 10.1. The van der Waals surface area contributed by atoms with Crippen LogP contribution in [0.4, 0.5) is 4.39 Å². The average Bonchev–Trinajstić information content (AvgIpc) is 3.33. The number of hydrogen-bond donors (Lipinski definition) is 0. The van der Waals surface area contributed by atoms with Crippen LogP contribution in [0, 0.1) is 5.82 Å². The number of benzene rings is 1. The Bertz CT molecular complexity index is 838. The van der Waals surface area contributed by atoms with Crippen molar-refractivity contribution in [3.63, 3.8) is 0 Å². The van der Waals surface area contributed by atoms with Crippen molar-refractivity contribution in [2.45, 2.75) is 31.2 Å². The summed E-state index contributed by atoms with van der Waals surface area (Å²) < 4.78 is 21.1. The van der Waals surface area contributed by atoms with E-state index in [0.29, 0.717) is 31.8 Å². The molecule has 0 aliphatic carbocycles. The topological polar surface area (TPSA) is 50.6 Å². The SMILES string of the molecule is O=C1C[C@H]2N(Cc3cnn(-c4cccc(F)c4)c3)CC[C@]23OCCN13. The van der Waals surface area contributed by atoms with Crippen LogP contribution in [0.3, 0.4) is 0 Å². The number of nitrogens with zero attached hydrogens (tertiary/aromatic N) is 4. The Kier molecular flexibility index (Phi) is 3.23. The van der Waals surface area contributed by atoms with Crippen molar-refractivity contribution >= 4 is 5.91 Å². The van der Waals surface area contributed by atoms with E-state index in [1.54, 1.807) is 16.9 Å². The number of rotatable bonds is 3. The van der Waals surface area contributed by atoms with E-state index in [1.807, 2.05) is 17.2 Å². The second kappa shape index (κ2) is 5.37. The van der Waals surface area contributed by atoms with Crippen molar-refractivity contribution in [1.82, 2.24) is 19.6 Å². The minimum atomic E-state index is -0.407. The van der Waals surface area contributed by atoms with Gasteiger partial charge in [-0.3, -0.25) is 9.69 Å². The Labute approximate surface area is 144 Å². The second-order valence-electron chi connectivity index (χ2n) is 6.95. The number of hydrogen-bond acceptors (Lipinski definition) is 4. The lowest BCUT2D eigenvalue weighted by molar-refractivity contribution is -0.136. The van der Waals surface area contributed by atoms with Gasteiger partial charge in [-0.05, 0) is 18.2 Å². The van der Waals surface area contributed by atoms with E-state index in [2.05, 4.69) is 10.00 Å². The Hall–Kier alpha value is -2.25. The zero-order chi connectivity index (χ0) is 17.0. The third-order valence-corrected chi connectivity index (χ3v) is 5.61. The molecule has 6 nitrogen and oxygen atoms in total. The predicted molar refractivity (Wildman–Crippen MR) is 87.4 cm³/mol. The molecule has 7 heteroatoms. The molecule has 5 rings (SSSR count). The van der Waals surface area contributed by atoms with E-state index in [4.69, 9.17) is 4.74 Å². The number of amides is 1. The molecule has 1 spiro atoms. The maximum absolute atomic E-state index is 13.4. The van der Waals surface area contributed by atoms with Crippen LogP contribution in [0.5, 0.6) is 0 Å². The van der Waals surface area contributed by atoms with E-state index in [1.165, 1.54) is 12.1 Å². The summed E-state index contributed by atoms with van der Waals surface area (Å²) in [7, 11) is 0. The van der Waals surface area contributed by atoms with Gasteiger partial charge >= 0.3 is 0 Å². The molecule has 2 aromatic rings. The highest BCUT2D eigenvalue weighted by molar-refractivity contribution is 5.81. The Morgan fingerprint density at radius 1 is 1.36 bits per heavy atom. The number of carbonyl (C=O) groups excluding carboxylic acids is 1. The predicted octanol–water partition coefficient (Wildman–Crippen LogP) is 1.54. The van der Waals surface area contributed by atoms with E-state index in [0.717, 1.165) is 18.5 Å². The first-order chi connectivity index (χ1) is 12.2. The number of aromatic nitrogens is 2. The molecule has 130 valence electrons. The van der Waals surface area contributed by atoms with Gasteiger partial charge in [-0.25, -0.2) is 9.07 Å². The van der Waals surface area contributed by atoms with Crippen LogP contribution >= 0.6 is 0 Å². The van der Waals surface area contributed by atoms with Crippen LogP contribution in [0.2, 0.25) is 0 Å². The smallest absolute Gasteiger partial charge is 0.226 e. The van der Waals surface area contributed by atoms with Crippen LogP contribution in [-0.4, -0.2) is 57.0 Å². The largest absolute Gasteiger partial charge is 0.352 e. The van der Waals surface area contributed by atoms with E-state index < -0.39 is 5.72 Å². The fourth-order valence-electron chi connectivity index (χ4n) is 4.50. The highest BCUT2D eigenvalue weighted by Gasteiger charge is 2.61. The Balaban J connectivity index is 1.36. The zero-order valence-electron chi connectivity index (χ0n) is 13.8. The van der Waals surface area contributed by atoms with Crippen molar-refractivity contribution in [3.8, 4) is 5.69 Å². The third-order valence-electron chi connectivity index (χ3n) is 5.61. The maximum atomic E-state index is 13.4. The molecule has 1 aromatic carbocycles. The molecule has 0 bridgehead atoms. The van der Waals surface area contributed by atoms with Gasteiger partial charge in [0.15, 0.2) is 5.72 Å². The molecule has 2 atom stereocenters. The Morgan fingerprint density at radius 3 is 3.16 bits per heavy atom. The van der Waals surface area contributed by atoms with Gasteiger partial charge in [0.1, 0.15) is 5.82 Å². The summed E-state index contributed by atoms with van der Waals surface area (Å²) in [5, 5.41) is 4.35. The average molecular weight is 342 g/mol. The van der Waals surface area contributed by atoms with Crippen molar-refractivity contribution < 1.29 is 13.9 Å². The van der Waals surface area contributed by atoms with Gasteiger partial charge in [0.25, 0.3) is 0 Å². The van der Waals surface area contributed by atoms with Crippen LogP contribution in [0.1, 0.15) is 18.4 Å². The number of carbonyl (C=O) groups is 1. The van der Waals surface area contributed by atoms with Gasteiger partial charge in [-0.1, -0.05) is 6.07 Å². The van der Waals surface area contributed by atoms with Gasteiger partial charge in [0.05, 0.1) is 24.5 Å². The summed E-state index contributed by atoms with van der Waals surface area (Å²) in [6.45, 7) is 2.96. The van der Waals surface area contributed by atoms with Gasteiger partial charge in [0.2, 0.25) is 5.91 Å². The summed E-state index contributed by atoms with van der Waals surface area (Å²) in [6.07, 6.45) is 5.11. The molecule has 3 fully saturated rings. The quantitative estimate of drug-likeness (QED) is 0.849. The molecule has 0 radical (unpaired) electrons. The normalized spacial score (nSPS) is 28.6. The molecule has 1 aromatic heterocycles. The molecule has 3 aliphatic rings. The first-order valence-electron chi connectivity index (χ1n) is 8.64. The Morgan fingerprint density at radius 2 is 2.28 bits per heavy atom. The van der Waals surface area contributed by atoms with Crippen molar-refractivity contribution in [1.29, 1.82) is 0 Å². The molecule has 3 aliphatic heterocycles. The molecular weight excluding hydrogens is 323 g/mol. The molecule has 4 heterocycles. The highest BCUT2D eigenvalue weighted by Crippen LogP contribution is 2.45. The van der Waals surface area contributed by atoms with Crippen molar-refractivity contribution in [3.05, 3.63) is 48.0 Å². The van der Waals surface area contributed by atoms with E-state index in [9.17, 15) is 9.18 Å². The van der Waals surface area contributed by atoms with Gasteiger partial charge in [-0.15, -0.1) is 0 Å². The molecule has 1 amide bonds. The summed E-state index contributed by atoms with van der Waals surface area (Å²) in [5.41, 5.74) is 1.34. The summed E-state index contributed by atoms with van der Waals surface area (Å²) >= 11 is 0. The van der Waals surface area contributed by atoms with Gasteiger partial charge < -0.3 is 9.64 Å². The van der Waals surface area contributed by atoms with Crippen LogP contribution in [0.15, 0.2) is 36.7 Å². The molecule has 3 saturated heterocycles. The summed E-state index contributed by atoms with van der Waals surface area (Å²) in [5.74, 6) is -0.0818. The highest BCUT2D eigenvalue weighted by atomic mass is 19.1. The standard InChI is InChI=1S/C18H19FN4O2/c19-14-2-1-3-15(8-14)23-12-13(10-20-23)11-21-5-4-18-16(21)9-17(24)22(18)6-7-25-18/h1-3,8,10,12,16H,4-7,9,11H2/t16-,18+/m1/s1. The molecule has 25 heavy (non-hydrogen) atoms. The van der Waals surface area contributed by atoms with Crippen LogP contribution in [-0.2, 0) is 16.1 Å². The first kappa shape index (κ1) is 15.0. The fraction of sp³-hybridized carbons (Fsp3) is 0.444. The van der Waals surface area contributed by atoms with E-state index in [-0.39, 0.29) is 17.8 Å². The molecule has 0 saturated carbocycles. The van der Waals surface area contributed by atoms with Crippen molar-refractivity contribution in [2.24, 2.45) is 0 Å². The minimum absolute atomic E-state index is 0.111. The molecule has 0 N–H and O–H groups in total. The summed E-state index contributed by atoms with van der Waals surface area (Å²) in [4.78, 5) is 16.5. The monoisotopic (exact) mass is 342 g/mol. The van der Waals surface area contributed by atoms with Crippen molar-refractivity contribution in [2.75, 3.05) is 19.7 Å².